The number of para-hydroxylation sites is 1. The van der Waals surface area contributed by atoms with Crippen LogP contribution in [0.15, 0.2) is 40.8 Å². The fraction of sp³-hybridized carbons (Fsp3) is 0.0588. The minimum absolute atomic E-state index is 0.191. The Morgan fingerprint density at radius 1 is 1.17 bits per heavy atom. The van der Waals surface area contributed by atoms with Crippen molar-refractivity contribution in [1.29, 1.82) is 5.26 Å². The van der Waals surface area contributed by atoms with Crippen LogP contribution in [0.1, 0.15) is 21.7 Å². The number of hydrogen-bond donors (Lipinski definition) is 1. The Bertz CT molecular complexity index is 950. The van der Waals surface area contributed by atoms with Gasteiger partial charge in [-0.05, 0) is 25.1 Å². The number of benzene rings is 2. The van der Waals surface area contributed by atoms with E-state index < -0.39 is 5.91 Å². The molecule has 0 saturated carbocycles. The number of nitriles is 1. The van der Waals surface area contributed by atoms with Crippen molar-refractivity contribution in [2.45, 2.75) is 6.92 Å². The van der Waals surface area contributed by atoms with E-state index in [9.17, 15) is 4.79 Å². The summed E-state index contributed by atoms with van der Waals surface area (Å²) >= 11 is 12.1. The standard InChI is InChI=1S/C17H10Cl2N2O2/c1-9-10-4-2-7-13(16(10)23-14(9)8-20)21-17(22)15-11(18)5-3-6-12(15)19/h2-7H,1H3,(H,21,22). The molecule has 114 valence electrons. The van der Waals surface area contributed by atoms with Crippen molar-refractivity contribution < 1.29 is 9.21 Å². The number of carbonyl (C=O) groups excluding carboxylic acids is 1. The van der Waals surface area contributed by atoms with Crippen molar-refractivity contribution in [2.24, 2.45) is 0 Å². The van der Waals surface area contributed by atoms with Crippen LogP contribution in [0.3, 0.4) is 0 Å². The molecule has 0 atom stereocenters. The zero-order chi connectivity index (χ0) is 16.6. The highest BCUT2D eigenvalue weighted by molar-refractivity contribution is 6.40. The molecule has 23 heavy (non-hydrogen) atoms. The molecule has 0 aliphatic heterocycles. The first-order valence-corrected chi connectivity index (χ1v) is 7.46. The smallest absolute Gasteiger partial charge is 0.258 e. The van der Waals surface area contributed by atoms with E-state index in [-0.39, 0.29) is 21.4 Å². The molecule has 3 aromatic rings. The molecule has 1 aromatic heterocycles. The van der Waals surface area contributed by atoms with Gasteiger partial charge < -0.3 is 9.73 Å². The SMILES string of the molecule is Cc1c(C#N)oc2c(NC(=O)c3c(Cl)cccc3Cl)cccc12. The molecule has 0 spiro atoms. The predicted octanol–water partition coefficient (Wildman–Crippen LogP) is 5.17. The lowest BCUT2D eigenvalue weighted by atomic mass is 10.1. The van der Waals surface area contributed by atoms with Gasteiger partial charge in [-0.2, -0.15) is 5.26 Å². The number of hydrogen-bond acceptors (Lipinski definition) is 3. The Morgan fingerprint density at radius 3 is 2.48 bits per heavy atom. The molecule has 4 nitrogen and oxygen atoms in total. The number of halogens is 2. The Hall–Kier alpha value is -2.48. The Labute approximate surface area is 142 Å². The molecule has 0 aliphatic rings. The van der Waals surface area contributed by atoms with E-state index in [0.717, 1.165) is 10.9 Å². The van der Waals surface area contributed by atoms with Gasteiger partial charge in [0.1, 0.15) is 6.07 Å². The molecular weight excluding hydrogens is 335 g/mol. The molecule has 1 N–H and O–H groups in total. The van der Waals surface area contributed by atoms with E-state index in [1.807, 2.05) is 12.1 Å². The number of nitrogens with zero attached hydrogens (tertiary/aromatic N) is 1. The van der Waals surface area contributed by atoms with Gasteiger partial charge in [-0.1, -0.05) is 41.4 Å². The predicted molar refractivity (Wildman–Crippen MR) is 90.1 cm³/mol. The first-order chi connectivity index (χ1) is 11.0. The monoisotopic (exact) mass is 344 g/mol. The van der Waals surface area contributed by atoms with Gasteiger partial charge in [-0.15, -0.1) is 0 Å². The van der Waals surface area contributed by atoms with Crippen LogP contribution in [-0.2, 0) is 0 Å². The van der Waals surface area contributed by atoms with Gasteiger partial charge in [0.15, 0.2) is 5.58 Å². The average Bonchev–Trinajstić information content (AvgIpc) is 2.85. The summed E-state index contributed by atoms with van der Waals surface area (Å²) in [5.74, 6) is -0.224. The summed E-state index contributed by atoms with van der Waals surface area (Å²) < 4.78 is 5.53. The Kier molecular flexibility index (Phi) is 3.99. The van der Waals surface area contributed by atoms with Gasteiger partial charge in [-0.3, -0.25) is 4.79 Å². The molecule has 6 heteroatoms. The average molecular weight is 345 g/mol. The topological polar surface area (TPSA) is 66.0 Å². The summed E-state index contributed by atoms with van der Waals surface area (Å²) in [5, 5.41) is 13.1. The van der Waals surface area contributed by atoms with Crippen molar-refractivity contribution >= 4 is 45.8 Å². The largest absolute Gasteiger partial charge is 0.443 e. The van der Waals surface area contributed by atoms with E-state index in [1.54, 1.807) is 37.3 Å². The zero-order valence-electron chi connectivity index (χ0n) is 12.0. The van der Waals surface area contributed by atoms with Gasteiger partial charge in [0.25, 0.3) is 5.91 Å². The van der Waals surface area contributed by atoms with Crippen LogP contribution in [-0.4, -0.2) is 5.91 Å². The molecular formula is C17H10Cl2N2O2. The lowest BCUT2D eigenvalue weighted by Gasteiger charge is -2.08. The minimum Gasteiger partial charge on any atom is -0.443 e. The number of furan rings is 1. The molecule has 0 fully saturated rings. The van der Waals surface area contributed by atoms with Crippen molar-refractivity contribution in [2.75, 3.05) is 5.32 Å². The second-order valence-electron chi connectivity index (χ2n) is 4.90. The number of anilines is 1. The third-order valence-corrected chi connectivity index (χ3v) is 4.13. The molecule has 0 radical (unpaired) electrons. The van der Waals surface area contributed by atoms with Gasteiger partial charge in [0.05, 0.1) is 21.3 Å². The number of amides is 1. The molecule has 0 aliphatic carbocycles. The first-order valence-electron chi connectivity index (χ1n) is 6.70. The second kappa shape index (κ2) is 5.96. The van der Waals surface area contributed by atoms with E-state index in [0.29, 0.717) is 11.3 Å². The molecule has 1 amide bonds. The third kappa shape index (κ3) is 2.65. The Balaban J connectivity index is 2.06. The highest BCUT2D eigenvalue weighted by Gasteiger charge is 2.18. The zero-order valence-corrected chi connectivity index (χ0v) is 13.5. The fourth-order valence-electron chi connectivity index (χ4n) is 2.35. The molecule has 0 unspecified atom stereocenters. The summed E-state index contributed by atoms with van der Waals surface area (Å²) in [6.07, 6.45) is 0. The highest BCUT2D eigenvalue weighted by atomic mass is 35.5. The quantitative estimate of drug-likeness (QED) is 0.697. The first kappa shape index (κ1) is 15.4. The minimum atomic E-state index is -0.444. The summed E-state index contributed by atoms with van der Waals surface area (Å²) in [5.41, 5.74) is 1.82. The van der Waals surface area contributed by atoms with Gasteiger partial charge in [0.2, 0.25) is 5.76 Å². The maximum atomic E-state index is 12.5. The van der Waals surface area contributed by atoms with Crippen molar-refractivity contribution in [1.82, 2.24) is 0 Å². The van der Waals surface area contributed by atoms with Crippen LogP contribution in [0, 0.1) is 18.3 Å². The molecule has 0 saturated heterocycles. The normalized spacial score (nSPS) is 10.5. The van der Waals surface area contributed by atoms with Crippen LogP contribution < -0.4 is 5.32 Å². The fourth-order valence-corrected chi connectivity index (χ4v) is 2.92. The summed E-state index contributed by atoms with van der Waals surface area (Å²) in [6, 6.07) is 12.1. The maximum Gasteiger partial charge on any atom is 0.258 e. The number of nitrogens with one attached hydrogen (secondary N) is 1. The van der Waals surface area contributed by atoms with Crippen molar-refractivity contribution in [3.63, 3.8) is 0 Å². The molecule has 3 rings (SSSR count). The van der Waals surface area contributed by atoms with Gasteiger partial charge >= 0.3 is 0 Å². The van der Waals surface area contributed by atoms with Gasteiger partial charge in [-0.25, -0.2) is 0 Å². The maximum absolute atomic E-state index is 12.5. The van der Waals surface area contributed by atoms with Crippen LogP contribution in [0.4, 0.5) is 5.69 Å². The third-order valence-electron chi connectivity index (χ3n) is 3.50. The van der Waals surface area contributed by atoms with Crippen LogP contribution >= 0.6 is 23.2 Å². The lowest BCUT2D eigenvalue weighted by Crippen LogP contribution is -2.13. The van der Waals surface area contributed by atoms with E-state index >= 15 is 0 Å². The number of fused-ring (bicyclic) bond motifs is 1. The van der Waals surface area contributed by atoms with E-state index in [1.165, 1.54) is 0 Å². The number of aryl methyl sites for hydroxylation is 1. The molecule has 0 bridgehead atoms. The summed E-state index contributed by atoms with van der Waals surface area (Å²) in [4.78, 5) is 12.5. The Morgan fingerprint density at radius 2 is 1.83 bits per heavy atom. The van der Waals surface area contributed by atoms with Crippen LogP contribution in [0.25, 0.3) is 11.0 Å². The lowest BCUT2D eigenvalue weighted by molar-refractivity contribution is 0.102. The number of rotatable bonds is 2. The van der Waals surface area contributed by atoms with Crippen LogP contribution in [0.2, 0.25) is 10.0 Å². The number of carbonyl (C=O) groups is 1. The van der Waals surface area contributed by atoms with E-state index in [4.69, 9.17) is 32.9 Å². The summed E-state index contributed by atoms with van der Waals surface area (Å²) in [6.45, 7) is 1.79. The van der Waals surface area contributed by atoms with E-state index in [2.05, 4.69) is 5.32 Å². The van der Waals surface area contributed by atoms with Gasteiger partial charge in [0, 0.05) is 10.9 Å². The highest BCUT2D eigenvalue weighted by Crippen LogP contribution is 2.32. The van der Waals surface area contributed by atoms with Crippen molar-refractivity contribution in [3.05, 3.63) is 63.3 Å². The summed E-state index contributed by atoms with van der Waals surface area (Å²) in [7, 11) is 0. The van der Waals surface area contributed by atoms with Crippen molar-refractivity contribution in [3.8, 4) is 6.07 Å². The van der Waals surface area contributed by atoms with Crippen LogP contribution in [0.5, 0.6) is 0 Å². The molecule has 2 aromatic carbocycles. The second-order valence-corrected chi connectivity index (χ2v) is 5.72. The molecule has 1 heterocycles.